The number of nitrogens with zero attached hydrogens (tertiary/aromatic N) is 2. The normalized spacial score (nSPS) is 20.5. The van der Waals surface area contributed by atoms with Gasteiger partial charge in [0.2, 0.25) is 0 Å². The van der Waals surface area contributed by atoms with E-state index >= 15 is 0 Å². The van der Waals surface area contributed by atoms with E-state index in [1.807, 2.05) is 0 Å². The lowest BCUT2D eigenvalue weighted by molar-refractivity contribution is -0.150. The van der Waals surface area contributed by atoms with Crippen molar-refractivity contribution in [1.29, 1.82) is 0 Å². The number of oxime groups is 1. The molecule has 1 saturated heterocycles. The summed E-state index contributed by atoms with van der Waals surface area (Å²) in [6.45, 7) is 8.68. The quantitative estimate of drug-likeness (QED) is 0.721. The third kappa shape index (κ3) is 6.41. The number of ether oxygens (including phenoxy) is 2. The largest absolute Gasteiger partial charge is 0.466 e. The number of carbonyl (C=O) groups excluding carboxylic acids is 3. The molecule has 0 aromatic heterocycles. The van der Waals surface area contributed by atoms with Crippen molar-refractivity contribution < 1.29 is 28.7 Å². The summed E-state index contributed by atoms with van der Waals surface area (Å²) in [4.78, 5) is 42.9. The molecule has 0 unspecified atom stereocenters. The van der Waals surface area contributed by atoms with Gasteiger partial charge in [0.05, 0.1) is 19.1 Å². The first kappa shape index (κ1) is 21.0. The molecule has 0 aromatic rings. The Morgan fingerprint density at radius 2 is 1.93 bits per heavy atom. The van der Waals surface area contributed by atoms with E-state index in [0.29, 0.717) is 44.7 Å². The van der Waals surface area contributed by atoms with Crippen molar-refractivity contribution in [2.45, 2.75) is 58.7 Å². The number of hydrogen-bond donors (Lipinski definition) is 1. The Morgan fingerprint density at radius 1 is 1.26 bits per heavy atom. The summed E-state index contributed by atoms with van der Waals surface area (Å²) in [5, 5.41) is 6.48. The highest BCUT2D eigenvalue weighted by Gasteiger charge is 2.33. The van der Waals surface area contributed by atoms with Gasteiger partial charge in [-0.25, -0.2) is 4.79 Å². The number of hydrogen-bond acceptors (Lipinski definition) is 7. The zero-order valence-corrected chi connectivity index (χ0v) is 16.4. The third-order valence-electron chi connectivity index (χ3n) is 4.25. The highest BCUT2D eigenvalue weighted by molar-refractivity contribution is 6.39. The lowest BCUT2D eigenvalue weighted by atomic mass is 9.96. The van der Waals surface area contributed by atoms with Crippen LogP contribution in [0, 0.1) is 5.92 Å². The molecule has 0 aromatic carbocycles. The van der Waals surface area contributed by atoms with Gasteiger partial charge in [-0.1, -0.05) is 5.16 Å². The molecule has 2 rings (SSSR count). The molecule has 2 heterocycles. The first-order valence-electron chi connectivity index (χ1n) is 9.35. The molecule has 9 nitrogen and oxygen atoms in total. The van der Waals surface area contributed by atoms with Crippen molar-refractivity contribution in [2.75, 3.05) is 26.2 Å². The van der Waals surface area contributed by atoms with Crippen LogP contribution in [0.1, 0.15) is 47.0 Å². The molecule has 0 bridgehead atoms. The zero-order chi connectivity index (χ0) is 20.0. The standard InChI is InChI=1S/C18H29N3O6/c1-5-25-16(23)12-6-8-21(9-7-12)15(22)14-10-13(27-20-14)11-19-17(24)26-18(2,3)4/h12-13H,5-11H2,1-4H3,(H,19,24)/t13-/m1/s1. The van der Waals surface area contributed by atoms with Gasteiger partial charge in [-0.05, 0) is 40.5 Å². The Balaban J connectivity index is 1.73. The number of esters is 1. The molecule has 0 radical (unpaired) electrons. The predicted octanol–water partition coefficient (Wildman–Crippen LogP) is 1.46. The van der Waals surface area contributed by atoms with E-state index in [0.717, 1.165) is 0 Å². The summed E-state index contributed by atoms with van der Waals surface area (Å²) in [6.07, 6.45) is 0.567. The minimum atomic E-state index is -0.575. The molecule has 2 aliphatic rings. The van der Waals surface area contributed by atoms with Crippen LogP contribution in [-0.2, 0) is 23.9 Å². The highest BCUT2D eigenvalue weighted by Crippen LogP contribution is 2.21. The van der Waals surface area contributed by atoms with Crippen molar-refractivity contribution in [1.82, 2.24) is 10.2 Å². The van der Waals surface area contributed by atoms with Crippen LogP contribution in [-0.4, -0.2) is 66.5 Å². The fourth-order valence-corrected chi connectivity index (χ4v) is 2.94. The molecule has 1 N–H and O–H groups in total. The number of likely N-dealkylation sites (tertiary alicyclic amines) is 1. The number of carbonyl (C=O) groups is 3. The summed E-state index contributed by atoms with van der Waals surface area (Å²) < 4.78 is 10.2. The first-order chi connectivity index (χ1) is 12.7. The van der Waals surface area contributed by atoms with Crippen LogP contribution >= 0.6 is 0 Å². The molecule has 0 spiro atoms. The average molecular weight is 383 g/mol. The molecule has 2 aliphatic heterocycles. The number of alkyl carbamates (subject to hydrolysis) is 1. The van der Waals surface area contributed by atoms with E-state index in [1.54, 1.807) is 32.6 Å². The minimum Gasteiger partial charge on any atom is -0.466 e. The Bertz CT molecular complexity index is 590. The van der Waals surface area contributed by atoms with Crippen molar-refractivity contribution in [3.8, 4) is 0 Å². The van der Waals surface area contributed by atoms with Gasteiger partial charge in [0.25, 0.3) is 5.91 Å². The molecule has 2 amide bonds. The average Bonchev–Trinajstić information content (AvgIpc) is 3.07. The van der Waals surface area contributed by atoms with Crippen LogP contribution in [0.5, 0.6) is 0 Å². The molecule has 9 heteroatoms. The Labute approximate surface area is 159 Å². The van der Waals surface area contributed by atoms with Gasteiger partial charge in [0, 0.05) is 19.5 Å². The number of piperidine rings is 1. The van der Waals surface area contributed by atoms with Crippen LogP contribution in [0.2, 0.25) is 0 Å². The lowest BCUT2D eigenvalue weighted by Gasteiger charge is -2.30. The maximum atomic E-state index is 12.6. The van der Waals surface area contributed by atoms with Gasteiger partial charge in [-0.15, -0.1) is 0 Å². The second kappa shape index (κ2) is 9.05. The minimum absolute atomic E-state index is 0.151. The maximum Gasteiger partial charge on any atom is 0.407 e. The Kier molecular flexibility index (Phi) is 7.04. The van der Waals surface area contributed by atoms with Crippen LogP contribution in [0.4, 0.5) is 4.79 Å². The molecule has 27 heavy (non-hydrogen) atoms. The van der Waals surface area contributed by atoms with Gasteiger partial charge in [0.1, 0.15) is 11.3 Å². The summed E-state index contributed by atoms with van der Waals surface area (Å²) in [7, 11) is 0. The Hall–Kier alpha value is -2.32. The highest BCUT2D eigenvalue weighted by atomic mass is 16.6. The zero-order valence-electron chi connectivity index (χ0n) is 16.4. The second-order valence-corrected chi connectivity index (χ2v) is 7.67. The van der Waals surface area contributed by atoms with Gasteiger partial charge in [0.15, 0.2) is 6.10 Å². The van der Waals surface area contributed by atoms with Crippen molar-refractivity contribution in [3.63, 3.8) is 0 Å². The van der Waals surface area contributed by atoms with Gasteiger partial charge >= 0.3 is 12.1 Å². The lowest BCUT2D eigenvalue weighted by Crippen LogP contribution is -2.44. The topological polar surface area (TPSA) is 107 Å². The van der Waals surface area contributed by atoms with Crippen molar-refractivity contribution >= 4 is 23.7 Å². The van der Waals surface area contributed by atoms with E-state index in [2.05, 4.69) is 10.5 Å². The molecule has 0 aliphatic carbocycles. The van der Waals surface area contributed by atoms with Gasteiger partial charge < -0.3 is 24.5 Å². The van der Waals surface area contributed by atoms with E-state index < -0.39 is 17.8 Å². The molecule has 1 atom stereocenters. The van der Waals surface area contributed by atoms with Crippen molar-refractivity contribution in [2.24, 2.45) is 11.1 Å². The van der Waals surface area contributed by atoms with Crippen LogP contribution in [0.15, 0.2) is 5.16 Å². The molecule has 0 saturated carbocycles. The summed E-state index contributed by atoms with van der Waals surface area (Å²) in [5.41, 5.74) is -0.242. The predicted molar refractivity (Wildman–Crippen MR) is 97.1 cm³/mol. The van der Waals surface area contributed by atoms with E-state index in [-0.39, 0.29) is 24.3 Å². The number of amides is 2. The number of nitrogens with one attached hydrogen (secondary N) is 1. The maximum absolute atomic E-state index is 12.6. The first-order valence-corrected chi connectivity index (χ1v) is 9.35. The molecule has 152 valence electrons. The smallest absolute Gasteiger partial charge is 0.407 e. The molecule has 1 fully saturated rings. The SMILES string of the molecule is CCOC(=O)C1CCN(C(=O)C2=NO[C@@H](CNC(=O)OC(C)(C)C)C2)CC1. The van der Waals surface area contributed by atoms with Gasteiger partial charge in [-0.3, -0.25) is 9.59 Å². The Morgan fingerprint density at radius 3 is 2.52 bits per heavy atom. The van der Waals surface area contributed by atoms with Crippen LogP contribution in [0.3, 0.4) is 0 Å². The van der Waals surface area contributed by atoms with Gasteiger partial charge in [-0.2, -0.15) is 0 Å². The van der Waals surface area contributed by atoms with E-state index in [9.17, 15) is 14.4 Å². The van der Waals surface area contributed by atoms with E-state index in [1.165, 1.54) is 0 Å². The monoisotopic (exact) mass is 383 g/mol. The fourth-order valence-electron chi connectivity index (χ4n) is 2.94. The van der Waals surface area contributed by atoms with Crippen molar-refractivity contribution in [3.05, 3.63) is 0 Å². The number of rotatable bonds is 5. The molecular weight excluding hydrogens is 354 g/mol. The molecular formula is C18H29N3O6. The van der Waals surface area contributed by atoms with Crippen LogP contribution in [0.25, 0.3) is 0 Å². The second-order valence-electron chi connectivity index (χ2n) is 7.67. The van der Waals surface area contributed by atoms with E-state index in [4.69, 9.17) is 14.3 Å². The summed E-state index contributed by atoms with van der Waals surface area (Å²) in [5.74, 6) is -0.530. The fraction of sp³-hybridized carbons (Fsp3) is 0.778. The third-order valence-corrected chi connectivity index (χ3v) is 4.25. The van der Waals surface area contributed by atoms with Crippen LogP contribution < -0.4 is 5.32 Å². The summed E-state index contributed by atoms with van der Waals surface area (Å²) >= 11 is 0. The summed E-state index contributed by atoms with van der Waals surface area (Å²) in [6, 6.07) is 0.